The Labute approximate surface area is 175 Å². The van der Waals surface area contributed by atoms with Crippen molar-refractivity contribution < 1.29 is 14.3 Å². The molecule has 1 aromatic heterocycles. The van der Waals surface area contributed by atoms with Crippen LogP contribution < -0.4 is 31.4 Å². The summed E-state index contributed by atoms with van der Waals surface area (Å²) >= 11 is 0. The fraction of sp³-hybridized carbons (Fsp3) is 0.476. The number of amides is 1. The van der Waals surface area contributed by atoms with Crippen molar-refractivity contribution in [1.29, 1.82) is 0 Å². The topological polar surface area (TPSA) is 120 Å². The van der Waals surface area contributed by atoms with Gasteiger partial charge in [-0.05, 0) is 30.5 Å². The number of aromatic amines is 1. The minimum atomic E-state index is -0.692. The number of unbranched alkanes of at least 4 members (excludes halogenated alkanes) is 1. The Morgan fingerprint density at radius 3 is 2.43 bits per heavy atom. The Morgan fingerprint density at radius 2 is 1.87 bits per heavy atom. The van der Waals surface area contributed by atoms with Crippen LogP contribution in [0.5, 0.6) is 11.5 Å². The first-order valence-corrected chi connectivity index (χ1v) is 9.91. The third-order valence-electron chi connectivity index (χ3n) is 4.64. The highest BCUT2D eigenvalue weighted by Gasteiger charge is 2.26. The molecule has 2 rings (SSSR count). The summed E-state index contributed by atoms with van der Waals surface area (Å²) < 4.78 is 11.8. The Bertz CT molecular complexity index is 1010. The van der Waals surface area contributed by atoms with Crippen molar-refractivity contribution in [2.45, 2.75) is 40.2 Å². The van der Waals surface area contributed by atoms with Gasteiger partial charge in [-0.15, -0.1) is 0 Å². The van der Waals surface area contributed by atoms with Crippen molar-refractivity contribution in [2.75, 3.05) is 31.4 Å². The van der Waals surface area contributed by atoms with E-state index in [2.05, 4.69) is 4.98 Å². The number of nitrogen functional groups attached to an aromatic ring is 1. The number of rotatable bonds is 9. The van der Waals surface area contributed by atoms with Crippen LogP contribution in [0.1, 0.15) is 44.0 Å². The zero-order chi connectivity index (χ0) is 22.4. The number of carbonyl (C=O) groups excluding carboxylic acids is 1. The van der Waals surface area contributed by atoms with Crippen molar-refractivity contribution in [3.63, 3.8) is 0 Å². The molecule has 0 atom stereocenters. The highest BCUT2D eigenvalue weighted by molar-refractivity contribution is 6.07. The van der Waals surface area contributed by atoms with Crippen molar-refractivity contribution in [2.24, 2.45) is 5.92 Å². The van der Waals surface area contributed by atoms with E-state index in [-0.39, 0.29) is 24.0 Å². The van der Waals surface area contributed by atoms with Crippen LogP contribution in [-0.2, 0) is 6.54 Å². The Morgan fingerprint density at radius 1 is 1.20 bits per heavy atom. The third kappa shape index (κ3) is 4.84. The molecule has 2 aromatic rings. The second-order valence-electron chi connectivity index (χ2n) is 7.38. The molecule has 0 radical (unpaired) electrons. The summed E-state index contributed by atoms with van der Waals surface area (Å²) in [6.45, 7) is 6.43. The van der Waals surface area contributed by atoms with Gasteiger partial charge < -0.3 is 20.1 Å². The lowest BCUT2D eigenvalue weighted by Crippen LogP contribution is -2.42. The fourth-order valence-corrected chi connectivity index (χ4v) is 3.14. The third-order valence-corrected chi connectivity index (χ3v) is 4.64. The lowest BCUT2D eigenvalue weighted by Gasteiger charge is -2.25. The molecule has 30 heavy (non-hydrogen) atoms. The molecule has 0 fully saturated rings. The fourth-order valence-electron chi connectivity index (χ4n) is 3.14. The highest BCUT2D eigenvalue weighted by atomic mass is 16.5. The maximum Gasteiger partial charge on any atom is 0.330 e. The number of aromatic nitrogens is 2. The highest BCUT2D eigenvalue weighted by Crippen LogP contribution is 2.29. The van der Waals surface area contributed by atoms with Gasteiger partial charge in [0.25, 0.3) is 11.5 Å². The molecular formula is C21H30N4O5. The van der Waals surface area contributed by atoms with E-state index in [0.717, 1.165) is 6.42 Å². The largest absolute Gasteiger partial charge is 0.493 e. The number of nitrogens with zero attached hydrogens (tertiary/aromatic N) is 2. The predicted molar refractivity (Wildman–Crippen MR) is 117 cm³/mol. The second-order valence-corrected chi connectivity index (χ2v) is 7.38. The molecule has 1 amide bonds. The van der Waals surface area contributed by atoms with E-state index < -0.39 is 17.2 Å². The number of anilines is 2. The van der Waals surface area contributed by atoms with Crippen molar-refractivity contribution in [1.82, 2.24) is 9.55 Å². The molecule has 164 valence electrons. The number of benzene rings is 1. The summed E-state index contributed by atoms with van der Waals surface area (Å²) in [4.78, 5) is 41.9. The zero-order valence-corrected chi connectivity index (χ0v) is 18.2. The predicted octanol–water partition coefficient (Wildman–Crippen LogP) is 2.24. The van der Waals surface area contributed by atoms with Gasteiger partial charge in [0.2, 0.25) is 0 Å². The van der Waals surface area contributed by atoms with E-state index in [9.17, 15) is 14.4 Å². The van der Waals surface area contributed by atoms with E-state index in [4.69, 9.17) is 15.2 Å². The number of hydrogen-bond acceptors (Lipinski definition) is 6. The zero-order valence-electron chi connectivity index (χ0n) is 18.2. The monoisotopic (exact) mass is 418 g/mol. The Balaban J connectivity index is 2.62. The van der Waals surface area contributed by atoms with E-state index in [1.807, 2.05) is 20.8 Å². The maximum atomic E-state index is 13.4. The van der Waals surface area contributed by atoms with Crippen molar-refractivity contribution >= 4 is 17.4 Å². The normalized spacial score (nSPS) is 10.9. The summed E-state index contributed by atoms with van der Waals surface area (Å²) in [7, 11) is 2.98. The summed E-state index contributed by atoms with van der Waals surface area (Å²) in [6.07, 6.45) is 1.46. The first-order valence-electron chi connectivity index (χ1n) is 9.91. The molecule has 1 aromatic carbocycles. The van der Waals surface area contributed by atoms with Gasteiger partial charge in [0.1, 0.15) is 5.82 Å². The summed E-state index contributed by atoms with van der Waals surface area (Å²) in [6, 6.07) is 4.77. The smallest absolute Gasteiger partial charge is 0.330 e. The number of methoxy groups -OCH3 is 2. The van der Waals surface area contributed by atoms with E-state index in [1.165, 1.54) is 23.7 Å². The molecule has 9 heteroatoms. The van der Waals surface area contributed by atoms with Crippen LogP contribution in [0, 0.1) is 5.92 Å². The lowest BCUT2D eigenvalue weighted by molar-refractivity contribution is 0.0986. The number of H-pyrrole nitrogens is 1. The minimum absolute atomic E-state index is 0.0246. The molecule has 0 spiro atoms. The SMILES string of the molecule is CCCCN(C(=O)c1ccc(OC)c(OC)c1)c1c(N)n(CC(C)C)c(=O)[nH]c1=O. The number of nitrogens with two attached hydrogens (primary N) is 1. The van der Waals surface area contributed by atoms with Gasteiger partial charge >= 0.3 is 5.69 Å². The van der Waals surface area contributed by atoms with Crippen LogP contribution in [0.2, 0.25) is 0 Å². The van der Waals surface area contributed by atoms with Gasteiger partial charge in [0.05, 0.1) is 14.2 Å². The summed E-state index contributed by atoms with van der Waals surface area (Å²) in [5.74, 6) is 0.551. The average Bonchev–Trinajstić information content (AvgIpc) is 2.72. The first kappa shape index (κ1) is 23.1. The molecular weight excluding hydrogens is 388 g/mol. The van der Waals surface area contributed by atoms with Crippen molar-refractivity contribution in [3.8, 4) is 11.5 Å². The van der Waals surface area contributed by atoms with Crippen molar-refractivity contribution in [3.05, 3.63) is 44.6 Å². The maximum absolute atomic E-state index is 13.4. The van der Waals surface area contributed by atoms with Crippen LogP contribution in [0.25, 0.3) is 0 Å². The number of nitrogens with one attached hydrogen (secondary N) is 1. The van der Waals surface area contributed by atoms with Crippen LogP contribution in [0.4, 0.5) is 11.5 Å². The molecule has 0 saturated heterocycles. The first-order chi connectivity index (χ1) is 14.2. The molecule has 0 saturated carbocycles. The van der Waals surface area contributed by atoms with Gasteiger partial charge in [0.15, 0.2) is 17.2 Å². The van der Waals surface area contributed by atoms with Crippen LogP contribution >= 0.6 is 0 Å². The van der Waals surface area contributed by atoms with Gasteiger partial charge in [-0.3, -0.25) is 19.1 Å². The van der Waals surface area contributed by atoms with Crippen LogP contribution in [0.3, 0.4) is 0 Å². The molecule has 0 aliphatic carbocycles. The van der Waals surface area contributed by atoms with Gasteiger partial charge in [-0.2, -0.15) is 0 Å². The minimum Gasteiger partial charge on any atom is -0.493 e. The van der Waals surface area contributed by atoms with Gasteiger partial charge in [0, 0.05) is 18.7 Å². The van der Waals surface area contributed by atoms with E-state index in [1.54, 1.807) is 18.2 Å². The van der Waals surface area contributed by atoms with E-state index >= 15 is 0 Å². The lowest BCUT2D eigenvalue weighted by atomic mass is 10.1. The van der Waals surface area contributed by atoms with Crippen LogP contribution in [-0.4, -0.2) is 36.2 Å². The van der Waals surface area contributed by atoms with Crippen LogP contribution in [0.15, 0.2) is 27.8 Å². The average molecular weight is 418 g/mol. The molecule has 9 nitrogen and oxygen atoms in total. The summed E-state index contributed by atoms with van der Waals surface area (Å²) in [5.41, 5.74) is 5.23. The molecule has 0 unspecified atom stereocenters. The molecule has 0 bridgehead atoms. The summed E-state index contributed by atoms with van der Waals surface area (Å²) in [5, 5.41) is 0. The number of carbonyl (C=O) groups is 1. The Kier molecular flexibility index (Phi) is 7.68. The Hall–Kier alpha value is -3.23. The van der Waals surface area contributed by atoms with E-state index in [0.29, 0.717) is 30.0 Å². The molecule has 0 aliphatic heterocycles. The quantitative estimate of drug-likeness (QED) is 0.644. The van der Waals surface area contributed by atoms with Gasteiger partial charge in [-0.1, -0.05) is 27.2 Å². The molecule has 1 heterocycles. The standard InChI is InChI=1S/C21H30N4O5/c1-6-7-10-24(20(27)14-8-9-15(29-4)16(11-14)30-5)17-18(22)25(12-13(2)3)21(28)23-19(17)26/h8-9,11,13H,6-7,10,12,22H2,1-5H3,(H,23,26,28). The molecule has 0 aliphatic rings. The van der Waals surface area contributed by atoms with Gasteiger partial charge in [-0.25, -0.2) is 4.79 Å². The number of hydrogen-bond donors (Lipinski definition) is 2. The second kappa shape index (κ2) is 10.00. The molecule has 3 N–H and O–H groups in total. The number of ether oxygens (including phenoxy) is 2.